The van der Waals surface area contributed by atoms with Crippen molar-refractivity contribution in [2.75, 3.05) is 13.2 Å². The number of fused-ring (bicyclic) bond motifs is 1. The van der Waals surface area contributed by atoms with E-state index in [4.69, 9.17) is 9.84 Å². The second-order valence-corrected chi connectivity index (χ2v) is 6.81. The summed E-state index contributed by atoms with van der Waals surface area (Å²) in [5, 5.41) is 8.36. The number of carbonyl (C=O) groups excluding carboxylic acids is 1. The number of nitrogens with one attached hydrogen (secondary N) is 1. The van der Waals surface area contributed by atoms with Gasteiger partial charge >= 0.3 is 6.18 Å². The molecule has 5 nitrogen and oxygen atoms in total. The molecule has 0 bridgehead atoms. The Kier molecular flexibility index (Phi) is 4.87. The Morgan fingerprint density at radius 1 is 1.17 bits per heavy atom. The molecule has 2 atom stereocenters. The molecule has 29 heavy (non-hydrogen) atoms. The number of alkyl halides is 3. The van der Waals surface area contributed by atoms with Crippen molar-refractivity contribution in [3.05, 3.63) is 66.7 Å². The van der Waals surface area contributed by atoms with E-state index in [0.29, 0.717) is 24.5 Å². The van der Waals surface area contributed by atoms with Crippen LogP contribution in [0.15, 0.2) is 61.2 Å². The largest absolute Gasteiger partial charge is 0.416 e. The van der Waals surface area contributed by atoms with Crippen LogP contribution in [0.1, 0.15) is 11.6 Å². The number of hydrogen-bond acceptors (Lipinski definition) is 3. The van der Waals surface area contributed by atoms with Gasteiger partial charge in [-0.2, -0.15) is 18.3 Å². The number of ether oxygens (including phenoxy) is 1. The number of aromatic nitrogens is 2. The second-order valence-electron chi connectivity index (χ2n) is 6.81. The van der Waals surface area contributed by atoms with Gasteiger partial charge in [0.1, 0.15) is 5.69 Å². The summed E-state index contributed by atoms with van der Waals surface area (Å²) in [5.41, 5.74) is 1.27. The first kappa shape index (κ1) is 19.2. The van der Waals surface area contributed by atoms with Crippen molar-refractivity contribution in [1.29, 1.82) is 0 Å². The van der Waals surface area contributed by atoms with Crippen molar-refractivity contribution >= 4 is 16.8 Å². The van der Waals surface area contributed by atoms with Gasteiger partial charge in [0.2, 0.25) is 5.91 Å². The number of benzene rings is 2. The molecule has 4 rings (SSSR count). The Balaban J connectivity index is 1.76. The Morgan fingerprint density at radius 3 is 2.59 bits per heavy atom. The average Bonchev–Trinajstić information content (AvgIpc) is 3.31. The molecule has 1 aromatic heterocycles. The van der Waals surface area contributed by atoms with Crippen LogP contribution >= 0.6 is 0 Å². The lowest BCUT2D eigenvalue weighted by Crippen LogP contribution is -2.40. The quantitative estimate of drug-likeness (QED) is 0.674. The third-order valence-corrected chi connectivity index (χ3v) is 4.98. The number of amides is 1. The minimum Gasteiger partial charge on any atom is -0.377 e. The van der Waals surface area contributed by atoms with Crippen molar-refractivity contribution in [3.8, 4) is 11.3 Å². The molecular formula is C21H18F3N3O2. The van der Waals surface area contributed by atoms with Gasteiger partial charge in [0.15, 0.2) is 0 Å². The van der Waals surface area contributed by atoms with E-state index < -0.39 is 11.7 Å². The Morgan fingerprint density at radius 2 is 1.90 bits per heavy atom. The van der Waals surface area contributed by atoms with Crippen molar-refractivity contribution in [2.24, 2.45) is 0 Å². The van der Waals surface area contributed by atoms with E-state index in [1.165, 1.54) is 18.2 Å². The fourth-order valence-corrected chi connectivity index (χ4v) is 3.54. The fourth-order valence-electron chi connectivity index (χ4n) is 3.54. The van der Waals surface area contributed by atoms with E-state index >= 15 is 0 Å². The maximum atomic E-state index is 12.9. The van der Waals surface area contributed by atoms with Crippen LogP contribution in [0.4, 0.5) is 13.2 Å². The monoisotopic (exact) mass is 401 g/mol. The molecule has 8 heteroatoms. The number of halogens is 3. The van der Waals surface area contributed by atoms with E-state index in [1.807, 2.05) is 24.3 Å². The van der Waals surface area contributed by atoms with Gasteiger partial charge in [0.25, 0.3) is 0 Å². The van der Waals surface area contributed by atoms with Gasteiger partial charge < -0.3 is 10.1 Å². The molecule has 0 saturated carbocycles. The predicted octanol–water partition coefficient (Wildman–Crippen LogP) is 3.96. The zero-order chi connectivity index (χ0) is 20.6. The molecule has 1 N–H and O–H groups in total. The highest BCUT2D eigenvalue weighted by Crippen LogP contribution is 2.34. The summed E-state index contributed by atoms with van der Waals surface area (Å²) in [6.07, 6.45) is -3.19. The lowest BCUT2D eigenvalue weighted by Gasteiger charge is -2.19. The smallest absolute Gasteiger partial charge is 0.377 e. The first-order valence-corrected chi connectivity index (χ1v) is 9.04. The molecule has 1 fully saturated rings. The molecule has 2 heterocycles. The third-order valence-electron chi connectivity index (χ3n) is 4.98. The standard InChI is InChI=1S/C21H18F3N3O2/c1-2-19(28)25-16-11-29-12-18(16)27-17-6-4-3-5-15(17)20(26-27)13-7-9-14(10-8-13)21(22,23)24/h2-10,16,18H,1,11-12H2,(H,25,28). The van der Waals surface area contributed by atoms with Crippen molar-refractivity contribution < 1.29 is 22.7 Å². The Bertz CT molecular complexity index is 1060. The highest BCUT2D eigenvalue weighted by Gasteiger charge is 2.33. The van der Waals surface area contributed by atoms with Gasteiger partial charge in [-0.25, -0.2) is 0 Å². The zero-order valence-electron chi connectivity index (χ0n) is 15.3. The summed E-state index contributed by atoms with van der Waals surface area (Å²) in [5.74, 6) is -0.301. The van der Waals surface area contributed by atoms with Gasteiger partial charge in [0.05, 0.1) is 36.4 Å². The van der Waals surface area contributed by atoms with E-state index in [2.05, 4.69) is 11.9 Å². The molecule has 0 spiro atoms. The van der Waals surface area contributed by atoms with Gasteiger partial charge in [-0.15, -0.1) is 0 Å². The highest BCUT2D eigenvalue weighted by molar-refractivity contribution is 5.93. The molecule has 1 amide bonds. The lowest BCUT2D eigenvalue weighted by molar-refractivity contribution is -0.137. The van der Waals surface area contributed by atoms with E-state index in [0.717, 1.165) is 23.0 Å². The van der Waals surface area contributed by atoms with E-state index in [1.54, 1.807) is 4.68 Å². The summed E-state index contributed by atoms with van der Waals surface area (Å²) in [6, 6.07) is 11.9. The highest BCUT2D eigenvalue weighted by atomic mass is 19.4. The second kappa shape index (κ2) is 7.36. The number of rotatable bonds is 4. The van der Waals surface area contributed by atoms with E-state index in [-0.39, 0.29) is 18.0 Å². The molecule has 150 valence electrons. The average molecular weight is 401 g/mol. The molecule has 3 aromatic rings. The summed E-state index contributed by atoms with van der Waals surface area (Å²) in [7, 11) is 0. The van der Waals surface area contributed by atoms with Crippen LogP contribution < -0.4 is 5.32 Å². The van der Waals surface area contributed by atoms with Crippen LogP contribution in [0.3, 0.4) is 0 Å². The molecule has 1 saturated heterocycles. The first-order valence-electron chi connectivity index (χ1n) is 9.04. The van der Waals surface area contributed by atoms with Crippen LogP contribution in [-0.4, -0.2) is 34.9 Å². The SMILES string of the molecule is C=CC(=O)NC1COCC1n1nc(-c2ccc(C(F)(F)F)cc2)c2ccccc21. The van der Waals surface area contributed by atoms with Gasteiger partial charge in [0, 0.05) is 10.9 Å². The lowest BCUT2D eigenvalue weighted by atomic mass is 10.1. The van der Waals surface area contributed by atoms with Crippen molar-refractivity contribution in [3.63, 3.8) is 0 Å². The number of nitrogens with zero attached hydrogens (tertiary/aromatic N) is 2. The molecule has 0 radical (unpaired) electrons. The topological polar surface area (TPSA) is 56.1 Å². The van der Waals surface area contributed by atoms with Crippen LogP contribution in [0.2, 0.25) is 0 Å². The van der Waals surface area contributed by atoms with Crippen molar-refractivity contribution in [2.45, 2.75) is 18.3 Å². The normalized spacial score (nSPS) is 19.4. The van der Waals surface area contributed by atoms with E-state index in [9.17, 15) is 18.0 Å². The minimum atomic E-state index is -4.39. The van der Waals surface area contributed by atoms with Gasteiger partial charge in [-0.3, -0.25) is 9.48 Å². The van der Waals surface area contributed by atoms with Gasteiger partial charge in [-0.05, 0) is 24.3 Å². The zero-order valence-corrected chi connectivity index (χ0v) is 15.3. The first-order chi connectivity index (χ1) is 13.9. The summed E-state index contributed by atoms with van der Waals surface area (Å²) < 4.78 is 46.0. The maximum absolute atomic E-state index is 12.9. The Labute approximate surface area is 164 Å². The Hall–Kier alpha value is -3.13. The summed E-state index contributed by atoms with van der Waals surface area (Å²) in [4.78, 5) is 11.7. The fraction of sp³-hybridized carbons (Fsp3) is 0.238. The van der Waals surface area contributed by atoms with Crippen molar-refractivity contribution in [1.82, 2.24) is 15.1 Å². The maximum Gasteiger partial charge on any atom is 0.416 e. The molecule has 2 unspecified atom stereocenters. The van der Waals surface area contributed by atoms with Crippen LogP contribution in [0.25, 0.3) is 22.2 Å². The minimum absolute atomic E-state index is 0.244. The van der Waals surface area contributed by atoms with Crippen LogP contribution in [-0.2, 0) is 15.7 Å². The summed E-state index contributed by atoms with van der Waals surface area (Å²) >= 11 is 0. The molecule has 1 aliphatic heterocycles. The summed E-state index contributed by atoms with van der Waals surface area (Å²) in [6.45, 7) is 4.17. The number of para-hydroxylation sites is 1. The predicted molar refractivity (Wildman–Crippen MR) is 102 cm³/mol. The number of carbonyl (C=O) groups is 1. The van der Waals surface area contributed by atoms with Crippen LogP contribution in [0.5, 0.6) is 0 Å². The molecule has 2 aromatic carbocycles. The van der Waals surface area contributed by atoms with Crippen LogP contribution in [0, 0.1) is 0 Å². The number of hydrogen-bond donors (Lipinski definition) is 1. The molecule has 0 aliphatic carbocycles. The third kappa shape index (κ3) is 3.63. The van der Waals surface area contributed by atoms with Gasteiger partial charge in [-0.1, -0.05) is 36.9 Å². The molecular weight excluding hydrogens is 383 g/mol. The molecule has 1 aliphatic rings.